The summed E-state index contributed by atoms with van der Waals surface area (Å²) in [6.45, 7) is 5.95. The zero-order chi connectivity index (χ0) is 12.2. The predicted molar refractivity (Wildman–Crippen MR) is 65.0 cm³/mol. The third-order valence-corrected chi connectivity index (χ3v) is 3.20. The third-order valence-electron chi connectivity index (χ3n) is 3.20. The summed E-state index contributed by atoms with van der Waals surface area (Å²) in [5, 5.41) is 10.4. The van der Waals surface area contributed by atoms with Crippen molar-refractivity contribution in [1.29, 1.82) is 0 Å². The average molecular weight is 224 g/mol. The lowest BCUT2D eigenvalue weighted by Gasteiger charge is -2.27. The summed E-state index contributed by atoms with van der Waals surface area (Å²) in [7, 11) is 0. The molecule has 2 heteroatoms. The molecule has 0 bridgehead atoms. The zero-order valence-electron chi connectivity index (χ0n) is 10.4. The van der Waals surface area contributed by atoms with Crippen LogP contribution in [0.4, 0.5) is 4.39 Å². The first-order valence-corrected chi connectivity index (χ1v) is 5.98. The Morgan fingerprint density at radius 2 is 2.00 bits per heavy atom. The molecule has 0 aliphatic heterocycles. The molecule has 0 aromatic heterocycles. The molecule has 90 valence electrons. The van der Waals surface area contributed by atoms with Crippen molar-refractivity contribution in [2.75, 3.05) is 0 Å². The fourth-order valence-electron chi connectivity index (χ4n) is 2.07. The van der Waals surface area contributed by atoms with Crippen LogP contribution in [0.25, 0.3) is 0 Å². The second kappa shape index (κ2) is 5.44. The molecule has 0 aliphatic carbocycles. The van der Waals surface area contributed by atoms with E-state index in [1.54, 1.807) is 6.07 Å². The highest BCUT2D eigenvalue weighted by molar-refractivity contribution is 5.28. The smallest absolute Gasteiger partial charge is 0.123 e. The van der Waals surface area contributed by atoms with Crippen LogP contribution < -0.4 is 0 Å². The average Bonchev–Trinajstić information content (AvgIpc) is 2.23. The molecule has 1 unspecified atom stereocenters. The molecule has 1 aromatic rings. The summed E-state index contributed by atoms with van der Waals surface area (Å²) in [6, 6.07) is 4.77. The van der Waals surface area contributed by atoms with Crippen LogP contribution >= 0.6 is 0 Å². The van der Waals surface area contributed by atoms with Crippen LogP contribution in [0.2, 0.25) is 0 Å². The summed E-state index contributed by atoms with van der Waals surface area (Å²) < 4.78 is 12.9. The van der Waals surface area contributed by atoms with Crippen molar-refractivity contribution in [2.45, 2.75) is 52.1 Å². The second-order valence-corrected chi connectivity index (χ2v) is 4.58. The topological polar surface area (TPSA) is 20.2 Å². The molecule has 0 fully saturated rings. The molecule has 0 saturated heterocycles. The molecule has 1 rings (SSSR count). The van der Waals surface area contributed by atoms with Gasteiger partial charge in [-0.15, -0.1) is 0 Å². The van der Waals surface area contributed by atoms with Crippen molar-refractivity contribution in [1.82, 2.24) is 0 Å². The van der Waals surface area contributed by atoms with Crippen molar-refractivity contribution in [2.24, 2.45) is 0 Å². The Bertz CT molecular complexity index is 349. The summed E-state index contributed by atoms with van der Waals surface area (Å²) in [6.07, 6.45) is 3.10. The monoisotopic (exact) mass is 224 g/mol. The molecule has 0 aliphatic rings. The van der Waals surface area contributed by atoms with E-state index in [-0.39, 0.29) is 5.82 Å². The first-order valence-electron chi connectivity index (χ1n) is 5.98. The highest BCUT2D eigenvalue weighted by Gasteiger charge is 2.24. The minimum absolute atomic E-state index is 0.211. The maximum atomic E-state index is 12.9. The molecule has 0 heterocycles. The summed E-state index contributed by atoms with van der Waals surface area (Å²) in [5.41, 5.74) is 1.32. The van der Waals surface area contributed by atoms with Gasteiger partial charge in [-0.3, -0.25) is 0 Å². The zero-order valence-corrected chi connectivity index (χ0v) is 10.4. The van der Waals surface area contributed by atoms with Crippen molar-refractivity contribution >= 4 is 0 Å². The molecule has 1 aromatic carbocycles. The van der Waals surface area contributed by atoms with E-state index in [1.807, 2.05) is 13.8 Å². The molecule has 0 radical (unpaired) electrons. The van der Waals surface area contributed by atoms with Gasteiger partial charge in [0.1, 0.15) is 5.82 Å². The van der Waals surface area contributed by atoms with E-state index in [2.05, 4.69) is 6.92 Å². The Kier molecular flexibility index (Phi) is 4.48. The van der Waals surface area contributed by atoms with Gasteiger partial charge in [0.05, 0.1) is 5.60 Å². The van der Waals surface area contributed by atoms with E-state index in [0.29, 0.717) is 6.42 Å². The van der Waals surface area contributed by atoms with E-state index < -0.39 is 5.60 Å². The van der Waals surface area contributed by atoms with Gasteiger partial charge in [-0.25, -0.2) is 4.39 Å². The summed E-state index contributed by atoms with van der Waals surface area (Å²) >= 11 is 0. The standard InChI is InChI=1S/C14H21FO/c1-4-8-14(16,5-2)10-12-6-7-13(15)9-11(12)3/h6-7,9,16H,4-5,8,10H2,1-3H3. The normalized spacial score (nSPS) is 14.8. The molecule has 0 saturated carbocycles. The van der Waals surface area contributed by atoms with Gasteiger partial charge in [0.15, 0.2) is 0 Å². The Morgan fingerprint density at radius 1 is 1.31 bits per heavy atom. The van der Waals surface area contributed by atoms with Gasteiger partial charge >= 0.3 is 0 Å². The van der Waals surface area contributed by atoms with Crippen LogP contribution in [-0.2, 0) is 6.42 Å². The maximum Gasteiger partial charge on any atom is 0.123 e. The molecule has 1 N–H and O–H groups in total. The van der Waals surface area contributed by atoms with Gasteiger partial charge in [0.25, 0.3) is 0 Å². The number of aryl methyl sites for hydroxylation is 1. The SMILES string of the molecule is CCCC(O)(CC)Cc1ccc(F)cc1C. The molecule has 16 heavy (non-hydrogen) atoms. The number of rotatable bonds is 5. The van der Waals surface area contributed by atoms with E-state index in [0.717, 1.165) is 30.4 Å². The lowest BCUT2D eigenvalue weighted by molar-refractivity contribution is 0.0269. The van der Waals surface area contributed by atoms with Crippen LogP contribution in [0.15, 0.2) is 18.2 Å². The van der Waals surface area contributed by atoms with Crippen LogP contribution in [0.5, 0.6) is 0 Å². The lowest BCUT2D eigenvalue weighted by Crippen LogP contribution is -2.30. The van der Waals surface area contributed by atoms with Crippen molar-refractivity contribution in [3.8, 4) is 0 Å². The van der Waals surface area contributed by atoms with Crippen molar-refractivity contribution in [3.05, 3.63) is 35.1 Å². The highest BCUT2D eigenvalue weighted by atomic mass is 19.1. The van der Waals surface area contributed by atoms with E-state index in [1.165, 1.54) is 12.1 Å². The number of aliphatic hydroxyl groups is 1. The maximum absolute atomic E-state index is 12.9. The van der Waals surface area contributed by atoms with E-state index in [9.17, 15) is 9.50 Å². The number of hydrogen-bond acceptors (Lipinski definition) is 1. The molecule has 0 spiro atoms. The first kappa shape index (κ1) is 13.2. The Balaban J connectivity index is 2.85. The number of hydrogen-bond donors (Lipinski definition) is 1. The molecular weight excluding hydrogens is 203 g/mol. The lowest BCUT2D eigenvalue weighted by atomic mass is 9.86. The van der Waals surface area contributed by atoms with Gasteiger partial charge in [-0.2, -0.15) is 0 Å². The fraction of sp³-hybridized carbons (Fsp3) is 0.571. The van der Waals surface area contributed by atoms with E-state index >= 15 is 0 Å². The second-order valence-electron chi connectivity index (χ2n) is 4.58. The largest absolute Gasteiger partial charge is 0.390 e. The summed E-state index contributed by atoms with van der Waals surface area (Å²) in [5.74, 6) is -0.211. The number of halogens is 1. The van der Waals surface area contributed by atoms with E-state index in [4.69, 9.17) is 0 Å². The third kappa shape index (κ3) is 3.31. The van der Waals surface area contributed by atoms with Crippen LogP contribution in [-0.4, -0.2) is 10.7 Å². The molecule has 0 amide bonds. The van der Waals surface area contributed by atoms with Crippen LogP contribution in [0.1, 0.15) is 44.2 Å². The fourth-order valence-corrected chi connectivity index (χ4v) is 2.07. The van der Waals surface area contributed by atoms with Gasteiger partial charge in [0, 0.05) is 6.42 Å². The first-order chi connectivity index (χ1) is 7.50. The van der Waals surface area contributed by atoms with Gasteiger partial charge < -0.3 is 5.11 Å². The Morgan fingerprint density at radius 3 is 2.50 bits per heavy atom. The Labute approximate surface area is 97.3 Å². The molecule has 1 atom stereocenters. The number of benzene rings is 1. The van der Waals surface area contributed by atoms with Crippen molar-refractivity contribution < 1.29 is 9.50 Å². The Hall–Kier alpha value is -0.890. The van der Waals surface area contributed by atoms with Crippen LogP contribution in [0.3, 0.4) is 0 Å². The quantitative estimate of drug-likeness (QED) is 0.810. The van der Waals surface area contributed by atoms with Gasteiger partial charge in [0.2, 0.25) is 0 Å². The predicted octanol–water partition coefficient (Wildman–Crippen LogP) is 3.62. The highest BCUT2D eigenvalue weighted by Crippen LogP contribution is 2.24. The molecular formula is C14H21FO. The van der Waals surface area contributed by atoms with Crippen molar-refractivity contribution in [3.63, 3.8) is 0 Å². The van der Waals surface area contributed by atoms with Gasteiger partial charge in [-0.05, 0) is 43.0 Å². The molecule has 1 nitrogen and oxygen atoms in total. The minimum atomic E-state index is -0.642. The minimum Gasteiger partial charge on any atom is -0.390 e. The summed E-state index contributed by atoms with van der Waals surface area (Å²) in [4.78, 5) is 0. The van der Waals surface area contributed by atoms with Gasteiger partial charge in [-0.1, -0.05) is 26.3 Å². The van der Waals surface area contributed by atoms with Crippen LogP contribution in [0, 0.1) is 12.7 Å².